The van der Waals surface area contributed by atoms with E-state index in [0.29, 0.717) is 18.7 Å². The number of ether oxygens (including phenoxy) is 1. The van der Waals surface area contributed by atoms with Crippen molar-refractivity contribution in [2.24, 2.45) is 0 Å². The molecule has 0 radical (unpaired) electrons. The number of pyridine rings is 1. The molecule has 0 aliphatic rings. The molecule has 1 amide bonds. The van der Waals surface area contributed by atoms with E-state index in [1.54, 1.807) is 19.5 Å². The summed E-state index contributed by atoms with van der Waals surface area (Å²) < 4.78 is 5.16. The zero-order valence-corrected chi connectivity index (χ0v) is 15.5. The summed E-state index contributed by atoms with van der Waals surface area (Å²) in [5.74, 6) is 0.685. The van der Waals surface area contributed by atoms with Crippen molar-refractivity contribution in [1.29, 1.82) is 0 Å². The van der Waals surface area contributed by atoms with Crippen LogP contribution in [0.2, 0.25) is 0 Å². The minimum Gasteiger partial charge on any atom is -0.497 e. The lowest BCUT2D eigenvalue weighted by atomic mass is 10.1. The summed E-state index contributed by atoms with van der Waals surface area (Å²) in [6.07, 6.45) is 3.28. The van der Waals surface area contributed by atoms with E-state index < -0.39 is 0 Å². The van der Waals surface area contributed by atoms with Crippen molar-refractivity contribution < 1.29 is 9.53 Å². The molecule has 0 aliphatic carbocycles. The number of hydrogen-bond acceptors (Lipinski definition) is 4. The Labute approximate surface area is 159 Å². The van der Waals surface area contributed by atoms with Crippen molar-refractivity contribution in [2.75, 3.05) is 12.4 Å². The highest BCUT2D eigenvalue weighted by Crippen LogP contribution is 2.14. The number of hydrogen-bond donors (Lipinski definition) is 2. The molecular formula is C22H23N3O2. The third kappa shape index (κ3) is 5.31. The summed E-state index contributed by atoms with van der Waals surface area (Å²) >= 11 is 0. The SMILES string of the molecule is COc1ccc(CNc2cncc(C(=O)NCc3cccc(C)c3)c2)cc1. The number of nitrogens with zero attached hydrogens (tertiary/aromatic N) is 1. The predicted molar refractivity (Wildman–Crippen MR) is 107 cm³/mol. The fourth-order valence-electron chi connectivity index (χ4n) is 2.71. The molecule has 138 valence electrons. The highest BCUT2D eigenvalue weighted by molar-refractivity contribution is 5.94. The van der Waals surface area contributed by atoms with E-state index in [1.807, 2.05) is 55.5 Å². The molecule has 2 N–H and O–H groups in total. The van der Waals surface area contributed by atoms with E-state index >= 15 is 0 Å². The Morgan fingerprint density at radius 2 is 1.81 bits per heavy atom. The topological polar surface area (TPSA) is 63.2 Å². The average molecular weight is 361 g/mol. The van der Waals surface area contributed by atoms with E-state index in [0.717, 1.165) is 22.6 Å². The molecule has 0 spiro atoms. The highest BCUT2D eigenvalue weighted by Gasteiger charge is 2.07. The largest absolute Gasteiger partial charge is 0.497 e. The number of anilines is 1. The zero-order valence-electron chi connectivity index (χ0n) is 15.5. The van der Waals surface area contributed by atoms with E-state index in [-0.39, 0.29) is 5.91 Å². The van der Waals surface area contributed by atoms with Gasteiger partial charge in [0.1, 0.15) is 5.75 Å². The van der Waals surface area contributed by atoms with Crippen LogP contribution in [-0.2, 0) is 13.1 Å². The number of aromatic nitrogens is 1. The van der Waals surface area contributed by atoms with E-state index in [1.165, 1.54) is 5.56 Å². The normalized spacial score (nSPS) is 10.3. The fourth-order valence-corrected chi connectivity index (χ4v) is 2.71. The van der Waals surface area contributed by atoms with Gasteiger partial charge in [0.05, 0.1) is 18.4 Å². The van der Waals surface area contributed by atoms with Gasteiger partial charge in [-0.05, 0) is 36.2 Å². The van der Waals surface area contributed by atoms with Crippen LogP contribution in [0, 0.1) is 6.92 Å². The maximum absolute atomic E-state index is 12.4. The van der Waals surface area contributed by atoms with Crippen LogP contribution < -0.4 is 15.4 Å². The van der Waals surface area contributed by atoms with Gasteiger partial charge < -0.3 is 15.4 Å². The Bertz CT molecular complexity index is 907. The van der Waals surface area contributed by atoms with Gasteiger partial charge in [0.15, 0.2) is 0 Å². The molecule has 3 rings (SSSR count). The van der Waals surface area contributed by atoms with Crippen LogP contribution in [0.4, 0.5) is 5.69 Å². The minimum absolute atomic E-state index is 0.142. The van der Waals surface area contributed by atoms with Crippen LogP contribution in [0.15, 0.2) is 67.0 Å². The summed E-state index contributed by atoms with van der Waals surface area (Å²) in [6, 6.07) is 17.7. The number of methoxy groups -OCH3 is 1. The minimum atomic E-state index is -0.142. The van der Waals surface area contributed by atoms with Crippen molar-refractivity contribution in [3.8, 4) is 5.75 Å². The lowest BCUT2D eigenvalue weighted by molar-refractivity contribution is 0.0950. The molecule has 0 saturated heterocycles. The maximum Gasteiger partial charge on any atom is 0.253 e. The van der Waals surface area contributed by atoms with Gasteiger partial charge in [0, 0.05) is 25.5 Å². The molecule has 27 heavy (non-hydrogen) atoms. The number of amides is 1. The summed E-state index contributed by atoms with van der Waals surface area (Å²) in [5.41, 5.74) is 4.69. The molecule has 1 aromatic heterocycles. The Balaban J connectivity index is 1.57. The Hall–Kier alpha value is -3.34. The van der Waals surface area contributed by atoms with Gasteiger partial charge in [-0.2, -0.15) is 0 Å². The number of nitrogens with one attached hydrogen (secondary N) is 2. The van der Waals surface area contributed by atoms with Gasteiger partial charge in [-0.25, -0.2) is 0 Å². The van der Waals surface area contributed by atoms with Gasteiger partial charge in [-0.15, -0.1) is 0 Å². The first-order valence-electron chi connectivity index (χ1n) is 8.79. The first kappa shape index (κ1) is 18.5. The number of benzene rings is 2. The first-order chi connectivity index (χ1) is 13.1. The van der Waals surface area contributed by atoms with Crippen LogP contribution in [-0.4, -0.2) is 18.0 Å². The lowest BCUT2D eigenvalue weighted by Gasteiger charge is -2.09. The summed E-state index contributed by atoms with van der Waals surface area (Å²) in [4.78, 5) is 16.6. The number of carbonyl (C=O) groups is 1. The van der Waals surface area contributed by atoms with Gasteiger partial charge in [-0.1, -0.05) is 42.0 Å². The van der Waals surface area contributed by atoms with Crippen LogP contribution >= 0.6 is 0 Å². The van der Waals surface area contributed by atoms with Crippen LogP contribution in [0.25, 0.3) is 0 Å². The highest BCUT2D eigenvalue weighted by atomic mass is 16.5. The second kappa shape index (κ2) is 8.85. The van der Waals surface area contributed by atoms with Crippen molar-refractivity contribution in [2.45, 2.75) is 20.0 Å². The number of rotatable bonds is 7. The van der Waals surface area contributed by atoms with Crippen molar-refractivity contribution >= 4 is 11.6 Å². The second-order valence-electron chi connectivity index (χ2n) is 6.34. The van der Waals surface area contributed by atoms with Crippen LogP contribution in [0.1, 0.15) is 27.0 Å². The average Bonchev–Trinajstić information content (AvgIpc) is 2.71. The Morgan fingerprint density at radius 3 is 2.56 bits per heavy atom. The summed E-state index contributed by atoms with van der Waals surface area (Å²) in [7, 11) is 1.65. The standard InChI is InChI=1S/C22H23N3O2/c1-16-4-3-5-18(10-16)13-25-22(26)19-11-20(15-23-14-19)24-12-17-6-8-21(27-2)9-7-17/h3-11,14-15,24H,12-13H2,1-2H3,(H,25,26). The van der Waals surface area contributed by atoms with E-state index in [9.17, 15) is 4.79 Å². The second-order valence-corrected chi connectivity index (χ2v) is 6.34. The Morgan fingerprint density at radius 1 is 1.00 bits per heavy atom. The molecule has 0 unspecified atom stereocenters. The molecule has 0 bridgehead atoms. The van der Waals surface area contributed by atoms with Crippen molar-refractivity contribution in [3.05, 3.63) is 89.2 Å². The molecule has 5 heteroatoms. The first-order valence-corrected chi connectivity index (χ1v) is 8.79. The predicted octanol–water partition coefficient (Wildman–Crippen LogP) is 3.94. The quantitative estimate of drug-likeness (QED) is 0.669. The van der Waals surface area contributed by atoms with Crippen molar-refractivity contribution in [3.63, 3.8) is 0 Å². The fraction of sp³-hybridized carbons (Fsp3) is 0.182. The molecular weight excluding hydrogens is 338 g/mol. The monoisotopic (exact) mass is 361 g/mol. The third-order valence-electron chi connectivity index (χ3n) is 4.19. The van der Waals surface area contributed by atoms with Gasteiger partial charge in [0.25, 0.3) is 5.91 Å². The maximum atomic E-state index is 12.4. The Kier molecular flexibility index (Phi) is 6.05. The van der Waals surface area contributed by atoms with E-state index in [4.69, 9.17) is 4.74 Å². The third-order valence-corrected chi connectivity index (χ3v) is 4.19. The van der Waals surface area contributed by atoms with Gasteiger partial charge in [0.2, 0.25) is 0 Å². The number of carbonyl (C=O) groups excluding carboxylic acids is 1. The van der Waals surface area contributed by atoms with E-state index in [2.05, 4.69) is 21.7 Å². The number of aryl methyl sites for hydroxylation is 1. The molecule has 3 aromatic rings. The zero-order chi connectivity index (χ0) is 19.1. The molecule has 0 aliphatic heterocycles. The van der Waals surface area contributed by atoms with Gasteiger partial charge >= 0.3 is 0 Å². The van der Waals surface area contributed by atoms with Crippen LogP contribution in [0.3, 0.4) is 0 Å². The molecule has 0 atom stereocenters. The van der Waals surface area contributed by atoms with Gasteiger partial charge in [-0.3, -0.25) is 9.78 Å². The van der Waals surface area contributed by atoms with Crippen LogP contribution in [0.5, 0.6) is 5.75 Å². The lowest BCUT2D eigenvalue weighted by Crippen LogP contribution is -2.23. The molecule has 5 nitrogen and oxygen atoms in total. The summed E-state index contributed by atoms with van der Waals surface area (Å²) in [6.45, 7) is 3.16. The van der Waals surface area contributed by atoms with Crippen molar-refractivity contribution in [1.82, 2.24) is 10.3 Å². The molecule has 0 saturated carbocycles. The molecule has 1 heterocycles. The summed E-state index contributed by atoms with van der Waals surface area (Å²) in [5, 5.41) is 6.23. The molecule has 2 aromatic carbocycles. The molecule has 0 fully saturated rings. The smallest absolute Gasteiger partial charge is 0.253 e.